The first-order valence-corrected chi connectivity index (χ1v) is 12.0. The summed E-state index contributed by atoms with van der Waals surface area (Å²) in [6, 6.07) is 12.6. The fraction of sp³-hybridized carbons (Fsp3) is 0.348. The molecule has 0 radical (unpaired) electrons. The third kappa shape index (κ3) is 5.17. The molecule has 2 heterocycles. The number of ether oxygens (including phenoxy) is 2. The van der Waals surface area contributed by atoms with Gasteiger partial charge < -0.3 is 9.47 Å². The summed E-state index contributed by atoms with van der Waals surface area (Å²) in [6.07, 6.45) is 0.783. The Balaban J connectivity index is 1.63. The Labute approximate surface area is 199 Å². The second kappa shape index (κ2) is 10.5. The van der Waals surface area contributed by atoms with E-state index >= 15 is 0 Å². The van der Waals surface area contributed by atoms with E-state index in [0.29, 0.717) is 17.2 Å². The van der Waals surface area contributed by atoms with Crippen molar-refractivity contribution in [1.29, 1.82) is 0 Å². The van der Waals surface area contributed by atoms with Crippen LogP contribution in [0.5, 0.6) is 0 Å². The average molecular weight is 518 g/mol. The van der Waals surface area contributed by atoms with Crippen LogP contribution >= 0.6 is 27.3 Å². The van der Waals surface area contributed by atoms with Crippen molar-refractivity contribution in [2.24, 2.45) is 0 Å². The molecule has 1 fully saturated rings. The zero-order valence-corrected chi connectivity index (χ0v) is 20.2. The van der Waals surface area contributed by atoms with E-state index < -0.39 is 5.97 Å². The molecule has 1 aliphatic rings. The summed E-state index contributed by atoms with van der Waals surface area (Å²) in [5.41, 5.74) is 1.40. The first kappa shape index (κ1) is 22.8. The van der Waals surface area contributed by atoms with Crippen LogP contribution in [0.15, 0.2) is 46.9 Å². The average Bonchev–Trinajstić information content (AvgIpc) is 3.24. The topological polar surface area (TPSA) is 72.0 Å². The molecule has 1 aromatic heterocycles. The zero-order valence-electron chi connectivity index (χ0n) is 17.8. The van der Waals surface area contributed by atoms with Gasteiger partial charge in [-0.3, -0.25) is 14.6 Å². The Kier molecular flexibility index (Phi) is 7.51. The SMILES string of the molecule is COC(=O)c1ccccc1C(=O)N(CCCN1CCOCC1)c1nc2ccc(Br)cc2s1. The van der Waals surface area contributed by atoms with Crippen LogP contribution in [-0.4, -0.2) is 68.3 Å². The van der Waals surface area contributed by atoms with Crippen molar-refractivity contribution >= 4 is 54.5 Å². The molecular formula is C23H24BrN3O4S. The molecular weight excluding hydrogens is 494 g/mol. The number of anilines is 1. The van der Waals surface area contributed by atoms with Gasteiger partial charge >= 0.3 is 5.97 Å². The maximum absolute atomic E-state index is 13.7. The molecule has 168 valence electrons. The van der Waals surface area contributed by atoms with Gasteiger partial charge in [0, 0.05) is 30.7 Å². The molecule has 1 aliphatic heterocycles. The van der Waals surface area contributed by atoms with E-state index in [1.807, 2.05) is 18.2 Å². The highest BCUT2D eigenvalue weighted by Crippen LogP contribution is 2.32. The molecule has 0 N–H and O–H groups in total. The number of esters is 1. The summed E-state index contributed by atoms with van der Waals surface area (Å²) in [5.74, 6) is -0.790. The van der Waals surface area contributed by atoms with Gasteiger partial charge in [-0.2, -0.15) is 0 Å². The highest BCUT2D eigenvalue weighted by Gasteiger charge is 2.26. The minimum atomic E-state index is -0.532. The second-order valence-corrected chi connectivity index (χ2v) is 9.33. The fourth-order valence-corrected chi connectivity index (χ4v) is 5.21. The van der Waals surface area contributed by atoms with Gasteiger partial charge in [0.05, 0.1) is 41.7 Å². The van der Waals surface area contributed by atoms with Crippen LogP contribution in [0.4, 0.5) is 5.13 Å². The lowest BCUT2D eigenvalue weighted by atomic mass is 10.1. The molecule has 7 nitrogen and oxygen atoms in total. The Morgan fingerprint density at radius 2 is 1.94 bits per heavy atom. The van der Waals surface area contributed by atoms with Crippen LogP contribution in [0.25, 0.3) is 10.2 Å². The third-order valence-corrected chi connectivity index (χ3v) is 6.87. The molecule has 1 saturated heterocycles. The first-order valence-electron chi connectivity index (χ1n) is 10.4. The summed E-state index contributed by atoms with van der Waals surface area (Å²) in [7, 11) is 1.31. The van der Waals surface area contributed by atoms with Gasteiger partial charge in [0.2, 0.25) is 0 Å². The smallest absolute Gasteiger partial charge is 0.338 e. The predicted molar refractivity (Wildman–Crippen MR) is 129 cm³/mol. The Hall–Kier alpha value is -2.33. The number of benzene rings is 2. The van der Waals surface area contributed by atoms with E-state index in [0.717, 1.165) is 54.0 Å². The molecule has 0 atom stereocenters. The number of fused-ring (bicyclic) bond motifs is 1. The Morgan fingerprint density at radius 1 is 1.19 bits per heavy atom. The molecule has 32 heavy (non-hydrogen) atoms. The lowest BCUT2D eigenvalue weighted by molar-refractivity contribution is 0.0376. The van der Waals surface area contributed by atoms with Gasteiger partial charge in [0.25, 0.3) is 5.91 Å². The lowest BCUT2D eigenvalue weighted by Crippen LogP contribution is -2.39. The zero-order chi connectivity index (χ0) is 22.5. The molecule has 1 amide bonds. The molecule has 0 spiro atoms. The Bertz CT molecular complexity index is 1110. The number of hydrogen-bond acceptors (Lipinski definition) is 7. The summed E-state index contributed by atoms with van der Waals surface area (Å²) in [6.45, 7) is 4.63. The third-order valence-electron chi connectivity index (χ3n) is 5.34. The van der Waals surface area contributed by atoms with Gasteiger partial charge in [0.1, 0.15) is 0 Å². The number of methoxy groups -OCH3 is 1. The predicted octanol–water partition coefficient (Wildman–Crippen LogP) is 4.21. The first-order chi connectivity index (χ1) is 15.6. The number of morpholine rings is 1. The largest absolute Gasteiger partial charge is 0.465 e. The molecule has 0 saturated carbocycles. The molecule has 0 bridgehead atoms. The fourth-order valence-electron chi connectivity index (χ4n) is 3.67. The number of rotatable bonds is 7. The second-order valence-electron chi connectivity index (χ2n) is 7.41. The number of hydrogen-bond donors (Lipinski definition) is 0. The number of carbonyl (C=O) groups is 2. The van der Waals surface area contributed by atoms with E-state index in [-0.39, 0.29) is 11.5 Å². The molecule has 2 aromatic carbocycles. The van der Waals surface area contributed by atoms with Crippen LogP contribution in [0.2, 0.25) is 0 Å². The monoisotopic (exact) mass is 517 g/mol. The Morgan fingerprint density at radius 3 is 2.69 bits per heavy atom. The van der Waals surface area contributed by atoms with Crippen molar-refractivity contribution in [2.45, 2.75) is 6.42 Å². The van der Waals surface area contributed by atoms with Gasteiger partial charge in [0.15, 0.2) is 5.13 Å². The number of amides is 1. The number of carbonyl (C=O) groups excluding carboxylic acids is 2. The van der Waals surface area contributed by atoms with Gasteiger partial charge in [-0.15, -0.1) is 0 Å². The molecule has 3 aromatic rings. The number of halogens is 1. The van der Waals surface area contributed by atoms with Crippen molar-refractivity contribution < 1.29 is 19.1 Å². The molecule has 0 unspecified atom stereocenters. The van der Waals surface area contributed by atoms with Gasteiger partial charge in [-0.1, -0.05) is 39.4 Å². The molecule has 4 rings (SSSR count). The highest BCUT2D eigenvalue weighted by atomic mass is 79.9. The maximum atomic E-state index is 13.7. The van der Waals surface area contributed by atoms with E-state index in [1.165, 1.54) is 18.4 Å². The standard InChI is InChI=1S/C23H24BrN3O4S/c1-30-22(29)18-6-3-2-5-17(18)21(28)27(10-4-9-26-11-13-31-14-12-26)23-25-19-8-7-16(24)15-20(19)32-23/h2-3,5-8,15H,4,9-14H2,1H3. The quantitative estimate of drug-likeness (QED) is 0.437. The van der Waals surface area contributed by atoms with Crippen molar-refractivity contribution in [3.8, 4) is 0 Å². The van der Waals surface area contributed by atoms with E-state index in [4.69, 9.17) is 14.5 Å². The van der Waals surface area contributed by atoms with Crippen LogP contribution in [0, 0.1) is 0 Å². The maximum Gasteiger partial charge on any atom is 0.338 e. The van der Waals surface area contributed by atoms with Crippen LogP contribution in [0.1, 0.15) is 27.1 Å². The number of nitrogens with zero attached hydrogens (tertiary/aromatic N) is 3. The highest BCUT2D eigenvalue weighted by molar-refractivity contribution is 9.10. The molecule has 9 heteroatoms. The summed E-state index contributed by atoms with van der Waals surface area (Å²) in [4.78, 5) is 34.7. The summed E-state index contributed by atoms with van der Waals surface area (Å²) < 4.78 is 12.3. The van der Waals surface area contributed by atoms with Crippen molar-refractivity contribution in [3.63, 3.8) is 0 Å². The van der Waals surface area contributed by atoms with Gasteiger partial charge in [-0.05, 0) is 36.8 Å². The summed E-state index contributed by atoms with van der Waals surface area (Å²) in [5, 5.41) is 0.616. The number of thiazole rings is 1. The minimum absolute atomic E-state index is 0.252. The molecule has 0 aliphatic carbocycles. The van der Waals surface area contributed by atoms with Crippen molar-refractivity contribution in [2.75, 3.05) is 51.4 Å². The normalized spacial score (nSPS) is 14.4. The number of aromatic nitrogens is 1. The van der Waals surface area contributed by atoms with Crippen molar-refractivity contribution in [3.05, 3.63) is 58.1 Å². The van der Waals surface area contributed by atoms with Crippen molar-refractivity contribution in [1.82, 2.24) is 9.88 Å². The van der Waals surface area contributed by atoms with Gasteiger partial charge in [-0.25, -0.2) is 9.78 Å². The van der Waals surface area contributed by atoms with Crippen LogP contribution in [-0.2, 0) is 9.47 Å². The lowest BCUT2D eigenvalue weighted by Gasteiger charge is -2.28. The van der Waals surface area contributed by atoms with E-state index in [2.05, 4.69) is 20.8 Å². The minimum Gasteiger partial charge on any atom is -0.465 e. The summed E-state index contributed by atoms with van der Waals surface area (Å²) >= 11 is 4.96. The van der Waals surface area contributed by atoms with E-state index in [9.17, 15) is 9.59 Å². The van der Waals surface area contributed by atoms with Crippen LogP contribution in [0.3, 0.4) is 0 Å². The van der Waals surface area contributed by atoms with E-state index in [1.54, 1.807) is 29.2 Å². The van der Waals surface area contributed by atoms with Crippen LogP contribution < -0.4 is 4.90 Å².